The quantitative estimate of drug-likeness (QED) is 0.611. The van der Waals surface area contributed by atoms with E-state index in [0.29, 0.717) is 0 Å². The SMILES string of the molecule is CC#Cc1ccc(C#C/C(C)=C(/C#Cc2ccc(C#CC(C)(C)O)s2)CCC)s1. The molecule has 3 heteroatoms. The predicted molar refractivity (Wildman–Crippen MR) is 126 cm³/mol. The van der Waals surface area contributed by atoms with Crippen molar-refractivity contribution in [2.45, 2.75) is 53.1 Å². The maximum absolute atomic E-state index is 9.72. The molecule has 0 amide bonds. The van der Waals surface area contributed by atoms with Crippen LogP contribution in [-0.4, -0.2) is 10.7 Å². The summed E-state index contributed by atoms with van der Waals surface area (Å²) in [6, 6.07) is 7.93. The van der Waals surface area contributed by atoms with Gasteiger partial charge in [-0.15, -0.1) is 28.6 Å². The second-order valence-electron chi connectivity index (χ2n) is 6.87. The Morgan fingerprint density at radius 1 is 0.897 bits per heavy atom. The van der Waals surface area contributed by atoms with Gasteiger partial charge in [0.25, 0.3) is 0 Å². The van der Waals surface area contributed by atoms with Gasteiger partial charge in [-0.3, -0.25) is 0 Å². The van der Waals surface area contributed by atoms with Crippen molar-refractivity contribution in [2.75, 3.05) is 0 Å². The lowest BCUT2D eigenvalue weighted by molar-refractivity contribution is 0.143. The monoisotopic (exact) mass is 416 g/mol. The minimum Gasteiger partial charge on any atom is -0.378 e. The van der Waals surface area contributed by atoms with Gasteiger partial charge < -0.3 is 5.11 Å². The van der Waals surface area contributed by atoms with Crippen LogP contribution in [0, 0.1) is 47.4 Å². The van der Waals surface area contributed by atoms with Crippen molar-refractivity contribution in [3.05, 3.63) is 54.9 Å². The lowest BCUT2D eigenvalue weighted by Gasteiger charge is -2.05. The molecule has 0 unspecified atom stereocenters. The predicted octanol–water partition coefficient (Wildman–Crippen LogP) is 5.82. The third kappa shape index (κ3) is 8.08. The lowest BCUT2D eigenvalue weighted by atomic mass is 10.1. The molecule has 2 rings (SSSR count). The summed E-state index contributed by atoms with van der Waals surface area (Å²) in [6.45, 7) is 9.36. The number of rotatable bonds is 2. The van der Waals surface area contributed by atoms with Gasteiger partial charge in [0.15, 0.2) is 0 Å². The summed E-state index contributed by atoms with van der Waals surface area (Å²) in [5.41, 5.74) is 1.09. The van der Waals surface area contributed by atoms with Gasteiger partial charge >= 0.3 is 0 Å². The number of allylic oxidation sites excluding steroid dienone is 2. The minimum absolute atomic E-state index is 0.901. The van der Waals surface area contributed by atoms with Crippen molar-refractivity contribution >= 4 is 22.7 Å². The van der Waals surface area contributed by atoms with E-state index in [1.807, 2.05) is 38.1 Å². The molecule has 29 heavy (non-hydrogen) atoms. The Labute approximate surface area is 182 Å². The molecule has 146 valence electrons. The Morgan fingerprint density at radius 3 is 1.93 bits per heavy atom. The van der Waals surface area contributed by atoms with E-state index in [9.17, 15) is 5.11 Å². The molecule has 2 heterocycles. The van der Waals surface area contributed by atoms with E-state index in [4.69, 9.17) is 0 Å². The van der Waals surface area contributed by atoms with Crippen LogP contribution in [0.2, 0.25) is 0 Å². The number of hydrogen-bond acceptors (Lipinski definition) is 3. The first-order valence-corrected chi connectivity index (χ1v) is 11.1. The summed E-state index contributed by atoms with van der Waals surface area (Å²) in [7, 11) is 0. The first-order valence-electron chi connectivity index (χ1n) is 9.42. The molecule has 1 nitrogen and oxygen atoms in total. The largest absolute Gasteiger partial charge is 0.378 e. The second kappa shape index (κ2) is 10.8. The van der Waals surface area contributed by atoms with Crippen LogP contribution in [0.3, 0.4) is 0 Å². The Morgan fingerprint density at radius 2 is 1.41 bits per heavy atom. The van der Waals surface area contributed by atoms with Gasteiger partial charge in [-0.25, -0.2) is 0 Å². The van der Waals surface area contributed by atoms with Crippen LogP contribution in [0.15, 0.2) is 35.4 Å². The molecule has 0 saturated heterocycles. The Kier molecular flexibility index (Phi) is 8.40. The van der Waals surface area contributed by atoms with Crippen LogP contribution in [-0.2, 0) is 0 Å². The average Bonchev–Trinajstić information content (AvgIpc) is 3.30. The first-order chi connectivity index (χ1) is 13.8. The molecule has 0 atom stereocenters. The van der Waals surface area contributed by atoms with Gasteiger partial charge in [0.1, 0.15) is 5.60 Å². The summed E-state index contributed by atoms with van der Waals surface area (Å²) in [6.07, 6.45) is 1.92. The highest BCUT2D eigenvalue weighted by molar-refractivity contribution is 7.13. The average molecular weight is 417 g/mol. The fourth-order valence-electron chi connectivity index (χ4n) is 2.24. The molecular formula is C26H24OS2. The highest BCUT2D eigenvalue weighted by Gasteiger charge is 2.06. The molecule has 0 spiro atoms. The van der Waals surface area contributed by atoms with Gasteiger partial charge in [0.05, 0.1) is 19.5 Å². The first kappa shape index (κ1) is 22.6. The van der Waals surface area contributed by atoms with E-state index in [1.54, 1.807) is 25.2 Å². The third-order valence-corrected chi connectivity index (χ3v) is 5.45. The van der Waals surface area contributed by atoms with Crippen molar-refractivity contribution < 1.29 is 5.11 Å². The number of aliphatic hydroxyl groups is 1. The van der Waals surface area contributed by atoms with E-state index in [-0.39, 0.29) is 0 Å². The van der Waals surface area contributed by atoms with Crippen molar-refractivity contribution in [2.24, 2.45) is 0 Å². The Balaban J connectivity index is 2.23. The van der Waals surface area contributed by atoms with Crippen molar-refractivity contribution in [3.8, 4) is 47.4 Å². The van der Waals surface area contributed by atoms with Crippen LogP contribution in [0.1, 0.15) is 67.0 Å². The van der Waals surface area contributed by atoms with Crippen LogP contribution < -0.4 is 0 Å². The molecular weight excluding hydrogens is 392 g/mol. The summed E-state index contributed by atoms with van der Waals surface area (Å²) in [5.74, 6) is 24.8. The van der Waals surface area contributed by atoms with Crippen LogP contribution >= 0.6 is 22.7 Å². The van der Waals surface area contributed by atoms with Crippen LogP contribution in [0.5, 0.6) is 0 Å². The normalized spacial score (nSPS) is 10.8. The van der Waals surface area contributed by atoms with E-state index in [2.05, 4.69) is 54.3 Å². The van der Waals surface area contributed by atoms with E-state index in [1.165, 1.54) is 11.3 Å². The third-order valence-electron chi connectivity index (χ3n) is 3.61. The standard InChI is InChI=1S/C26H24OS2/c1-6-8-21(20(3)10-12-23-15-14-22(28-23)9-7-2)11-13-24-16-17-25(29-24)18-19-26(4,5)27/h14-17,27H,6,8H2,1-5H3/b21-20+. The van der Waals surface area contributed by atoms with Gasteiger partial charge in [0.2, 0.25) is 0 Å². The summed E-state index contributed by atoms with van der Waals surface area (Å²) >= 11 is 3.14. The smallest absolute Gasteiger partial charge is 0.120 e. The Bertz CT molecular complexity index is 1130. The summed E-state index contributed by atoms with van der Waals surface area (Å²) < 4.78 is 0. The number of hydrogen-bond donors (Lipinski definition) is 1. The van der Waals surface area contributed by atoms with E-state index in [0.717, 1.165) is 43.5 Å². The minimum atomic E-state index is -0.991. The van der Waals surface area contributed by atoms with Gasteiger partial charge in [0, 0.05) is 11.1 Å². The maximum Gasteiger partial charge on any atom is 0.120 e. The highest BCUT2D eigenvalue weighted by Crippen LogP contribution is 2.17. The molecule has 0 aromatic carbocycles. The van der Waals surface area contributed by atoms with Gasteiger partial charge in [-0.2, -0.15) is 0 Å². The molecule has 0 saturated carbocycles. The number of thiophene rings is 2. The summed E-state index contributed by atoms with van der Waals surface area (Å²) in [5, 5.41) is 9.72. The van der Waals surface area contributed by atoms with Crippen molar-refractivity contribution in [3.63, 3.8) is 0 Å². The molecule has 0 bridgehead atoms. The second-order valence-corrected chi connectivity index (χ2v) is 9.03. The fourth-order valence-corrected chi connectivity index (χ4v) is 3.72. The zero-order chi connectivity index (χ0) is 21.3. The molecule has 0 aliphatic rings. The fraction of sp³-hybridized carbons (Fsp3) is 0.308. The van der Waals surface area contributed by atoms with Crippen LogP contribution in [0.4, 0.5) is 0 Å². The van der Waals surface area contributed by atoms with E-state index >= 15 is 0 Å². The van der Waals surface area contributed by atoms with E-state index < -0.39 is 5.60 Å². The molecule has 0 fully saturated rings. The zero-order valence-corrected chi connectivity index (χ0v) is 19.1. The molecule has 0 aliphatic heterocycles. The maximum atomic E-state index is 9.72. The van der Waals surface area contributed by atoms with Gasteiger partial charge in [-0.05, 0) is 58.4 Å². The van der Waals surface area contributed by atoms with Gasteiger partial charge in [-0.1, -0.05) is 54.8 Å². The van der Waals surface area contributed by atoms with Crippen molar-refractivity contribution in [1.82, 2.24) is 0 Å². The zero-order valence-electron chi connectivity index (χ0n) is 17.5. The lowest BCUT2D eigenvalue weighted by Crippen LogP contribution is -2.14. The Hall–Kier alpha value is -2.66. The topological polar surface area (TPSA) is 20.2 Å². The van der Waals surface area contributed by atoms with Crippen LogP contribution in [0.25, 0.3) is 0 Å². The molecule has 1 N–H and O–H groups in total. The highest BCUT2D eigenvalue weighted by atomic mass is 32.1. The molecule has 0 aliphatic carbocycles. The molecule has 0 radical (unpaired) electrons. The summed E-state index contributed by atoms with van der Waals surface area (Å²) in [4.78, 5) is 3.91. The molecule has 2 aromatic heterocycles. The molecule has 2 aromatic rings. The van der Waals surface area contributed by atoms with Crippen molar-refractivity contribution in [1.29, 1.82) is 0 Å².